The van der Waals surface area contributed by atoms with Crippen molar-refractivity contribution in [2.24, 2.45) is 0 Å². The minimum absolute atomic E-state index is 0.0232. The number of aryl methyl sites for hydroxylation is 1. The molecule has 34 heavy (non-hydrogen) atoms. The molecule has 0 bridgehead atoms. The molecule has 0 aliphatic carbocycles. The van der Waals surface area contributed by atoms with E-state index in [-0.39, 0.29) is 29.2 Å². The van der Waals surface area contributed by atoms with Crippen molar-refractivity contribution >= 4 is 0 Å². The van der Waals surface area contributed by atoms with Crippen LogP contribution in [0.15, 0.2) is 54.6 Å². The van der Waals surface area contributed by atoms with Gasteiger partial charge in [-0.25, -0.2) is 8.78 Å². The van der Waals surface area contributed by atoms with Crippen LogP contribution in [0.25, 0.3) is 11.1 Å². The second-order valence-corrected chi connectivity index (χ2v) is 7.59. The van der Waals surface area contributed by atoms with E-state index in [2.05, 4.69) is 11.7 Å². The van der Waals surface area contributed by atoms with E-state index in [0.29, 0.717) is 0 Å². The van der Waals surface area contributed by atoms with Crippen LogP contribution < -0.4 is 14.2 Å². The van der Waals surface area contributed by atoms with E-state index in [1.54, 1.807) is 19.1 Å². The summed E-state index contributed by atoms with van der Waals surface area (Å²) < 4.78 is 86.1. The molecule has 0 radical (unpaired) electrons. The van der Waals surface area contributed by atoms with Crippen LogP contribution in [-0.2, 0) is 6.42 Å². The topological polar surface area (TPSA) is 27.7 Å². The van der Waals surface area contributed by atoms with Crippen LogP contribution in [0.4, 0.5) is 22.0 Å². The van der Waals surface area contributed by atoms with Gasteiger partial charge in [0.1, 0.15) is 5.75 Å². The van der Waals surface area contributed by atoms with Crippen LogP contribution in [-0.4, -0.2) is 19.3 Å². The van der Waals surface area contributed by atoms with E-state index in [9.17, 15) is 22.0 Å². The normalized spacial score (nSPS) is 11.4. The molecule has 3 nitrogen and oxygen atoms in total. The number of hydrogen-bond donors (Lipinski definition) is 0. The number of hydrogen-bond acceptors (Lipinski definition) is 3. The standard InChI is InChI=1S/C26H25F5O3/c1-3-5-6-17-7-10-19(11-8-17)34-26(30,31)16-33-23-14-12-20(24(28)25(23)29)18-9-13-22(32-4-2)21(27)15-18/h7-15H,3-6,16H2,1-2H3. The molecule has 0 aromatic heterocycles. The van der Waals surface area contributed by atoms with Gasteiger partial charge in [-0.3, -0.25) is 0 Å². The highest BCUT2D eigenvalue weighted by Gasteiger charge is 2.34. The zero-order chi connectivity index (χ0) is 24.7. The average Bonchev–Trinajstić information content (AvgIpc) is 2.81. The van der Waals surface area contributed by atoms with Gasteiger partial charge in [0.15, 0.2) is 29.7 Å². The molecule has 0 N–H and O–H groups in total. The first kappa shape index (κ1) is 25.3. The fourth-order valence-corrected chi connectivity index (χ4v) is 3.28. The molecule has 0 heterocycles. The minimum atomic E-state index is -3.79. The Morgan fingerprint density at radius 1 is 0.794 bits per heavy atom. The van der Waals surface area contributed by atoms with Crippen molar-refractivity contribution in [1.29, 1.82) is 0 Å². The van der Waals surface area contributed by atoms with Gasteiger partial charge in [0.25, 0.3) is 0 Å². The Hall–Kier alpha value is -3.29. The van der Waals surface area contributed by atoms with Crippen LogP contribution in [0.3, 0.4) is 0 Å². The third kappa shape index (κ3) is 6.40. The summed E-state index contributed by atoms with van der Waals surface area (Å²) in [6.45, 7) is 2.64. The molecule has 3 aromatic rings. The molecule has 0 saturated heterocycles. The number of halogens is 5. The van der Waals surface area contributed by atoms with Crippen LogP contribution in [0.2, 0.25) is 0 Å². The largest absolute Gasteiger partial charge is 0.491 e. The van der Waals surface area contributed by atoms with Crippen molar-refractivity contribution < 1.29 is 36.2 Å². The lowest BCUT2D eigenvalue weighted by Crippen LogP contribution is -2.32. The molecule has 0 spiro atoms. The fraction of sp³-hybridized carbons (Fsp3) is 0.308. The minimum Gasteiger partial charge on any atom is -0.491 e. The molecule has 182 valence electrons. The van der Waals surface area contributed by atoms with Crippen LogP contribution in [0.5, 0.6) is 17.2 Å². The van der Waals surface area contributed by atoms with Crippen molar-refractivity contribution in [3.05, 3.63) is 77.6 Å². The van der Waals surface area contributed by atoms with E-state index in [0.717, 1.165) is 43.0 Å². The van der Waals surface area contributed by atoms with Gasteiger partial charge >= 0.3 is 6.11 Å². The first-order chi connectivity index (χ1) is 16.2. The van der Waals surface area contributed by atoms with E-state index in [4.69, 9.17) is 9.47 Å². The van der Waals surface area contributed by atoms with Crippen molar-refractivity contribution in [3.63, 3.8) is 0 Å². The molecule has 0 aliphatic rings. The summed E-state index contributed by atoms with van der Waals surface area (Å²) in [6.07, 6.45) is -0.952. The zero-order valence-corrected chi connectivity index (χ0v) is 18.8. The van der Waals surface area contributed by atoms with Gasteiger partial charge < -0.3 is 14.2 Å². The van der Waals surface area contributed by atoms with Crippen LogP contribution >= 0.6 is 0 Å². The third-order valence-electron chi connectivity index (χ3n) is 4.99. The van der Waals surface area contributed by atoms with E-state index in [1.807, 2.05) is 0 Å². The highest BCUT2D eigenvalue weighted by Crippen LogP contribution is 2.33. The summed E-state index contributed by atoms with van der Waals surface area (Å²) in [5, 5.41) is 0. The summed E-state index contributed by atoms with van der Waals surface area (Å²) >= 11 is 0. The van der Waals surface area contributed by atoms with E-state index >= 15 is 0 Å². The van der Waals surface area contributed by atoms with Crippen molar-refractivity contribution in [2.45, 2.75) is 39.2 Å². The summed E-state index contributed by atoms with van der Waals surface area (Å²) in [4.78, 5) is 0. The molecule has 0 saturated carbocycles. The SMILES string of the molecule is CCCCc1ccc(OC(F)(F)COc2ccc(-c3ccc(OCC)c(F)c3)c(F)c2F)cc1. The molecule has 3 rings (SSSR count). The average molecular weight is 480 g/mol. The molecule has 8 heteroatoms. The summed E-state index contributed by atoms with van der Waals surface area (Å²) in [5.74, 6) is -4.38. The van der Waals surface area contributed by atoms with E-state index in [1.165, 1.54) is 24.3 Å². The summed E-state index contributed by atoms with van der Waals surface area (Å²) in [6, 6.07) is 12.0. The predicted octanol–water partition coefficient (Wildman–Crippen LogP) is 7.56. The summed E-state index contributed by atoms with van der Waals surface area (Å²) in [5.41, 5.74) is 0.803. The maximum atomic E-state index is 14.6. The highest BCUT2D eigenvalue weighted by molar-refractivity contribution is 5.66. The van der Waals surface area contributed by atoms with Crippen molar-refractivity contribution in [3.8, 4) is 28.4 Å². The Morgan fingerprint density at radius 2 is 1.50 bits per heavy atom. The van der Waals surface area contributed by atoms with Crippen LogP contribution in [0.1, 0.15) is 32.3 Å². The predicted molar refractivity (Wildman–Crippen MR) is 119 cm³/mol. The first-order valence-corrected chi connectivity index (χ1v) is 10.9. The summed E-state index contributed by atoms with van der Waals surface area (Å²) in [7, 11) is 0. The molecule has 0 unspecified atom stereocenters. The lowest BCUT2D eigenvalue weighted by molar-refractivity contribution is -0.195. The first-order valence-electron chi connectivity index (χ1n) is 10.9. The third-order valence-corrected chi connectivity index (χ3v) is 4.99. The smallest absolute Gasteiger partial charge is 0.432 e. The molecule has 0 fully saturated rings. The number of ether oxygens (including phenoxy) is 3. The Kier molecular flexibility index (Phi) is 8.36. The second kappa shape index (κ2) is 11.2. The second-order valence-electron chi connectivity index (χ2n) is 7.59. The lowest BCUT2D eigenvalue weighted by atomic mass is 10.0. The molecular formula is C26H25F5O3. The fourth-order valence-electron chi connectivity index (χ4n) is 3.28. The highest BCUT2D eigenvalue weighted by atomic mass is 19.3. The van der Waals surface area contributed by atoms with Gasteiger partial charge in [-0.2, -0.15) is 13.2 Å². The Balaban J connectivity index is 1.67. The number of rotatable bonds is 11. The lowest BCUT2D eigenvalue weighted by Gasteiger charge is -2.19. The Bertz CT molecular complexity index is 1100. The van der Waals surface area contributed by atoms with Crippen LogP contribution in [0, 0.1) is 17.5 Å². The monoisotopic (exact) mass is 480 g/mol. The molecule has 0 amide bonds. The molecule has 0 aliphatic heterocycles. The Labute approximate surface area is 195 Å². The zero-order valence-electron chi connectivity index (χ0n) is 18.8. The molecular weight excluding hydrogens is 455 g/mol. The van der Waals surface area contributed by atoms with Gasteiger partial charge in [-0.05, 0) is 67.3 Å². The van der Waals surface area contributed by atoms with Gasteiger partial charge in [0, 0.05) is 5.56 Å². The van der Waals surface area contributed by atoms with Gasteiger partial charge in [0.05, 0.1) is 6.61 Å². The maximum absolute atomic E-state index is 14.6. The van der Waals surface area contributed by atoms with Gasteiger partial charge in [-0.1, -0.05) is 31.5 Å². The van der Waals surface area contributed by atoms with Gasteiger partial charge in [-0.15, -0.1) is 0 Å². The number of unbranched alkanes of at least 4 members (excludes halogenated alkanes) is 1. The number of alkyl halides is 2. The van der Waals surface area contributed by atoms with Gasteiger partial charge in [0.2, 0.25) is 5.82 Å². The van der Waals surface area contributed by atoms with Crippen molar-refractivity contribution in [2.75, 3.05) is 13.2 Å². The maximum Gasteiger partial charge on any atom is 0.432 e. The van der Waals surface area contributed by atoms with E-state index < -0.39 is 35.9 Å². The molecule has 0 atom stereocenters. The Morgan fingerprint density at radius 3 is 2.15 bits per heavy atom. The van der Waals surface area contributed by atoms with Crippen molar-refractivity contribution in [1.82, 2.24) is 0 Å². The number of benzene rings is 3. The molecule has 3 aromatic carbocycles. The quantitative estimate of drug-likeness (QED) is 0.265.